The normalized spacial score (nSPS) is 25.9. The van der Waals surface area contributed by atoms with Crippen molar-refractivity contribution in [3.05, 3.63) is 59.9 Å². The molecule has 2 aliphatic carbocycles. The number of carbonyl (C=O) groups excluding carboxylic acids is 1. The summed E-state index contributed by atoms with van der Waals surface area (Å²) in [4.78, 5) is 15.1. The lowest BCUT2D eigenvalue weighted by Gasteiger charge is -2.35. The van der Waals surface area contributed by atoms with E-state index in [0.29, 0.717) is 43.6 Å². The summed E-state index contributed by atoms with van der Waals surface area (Å²) >= 11 is 0. The van der Waals surface area contributed by atoms with E-state index >= 15 is 0 Å². The van der Waals surface area contributed by atoms with Gasteiger partial charge in [0.2, 0.25) is 10.0 Å². The summed E-state index contributed by atoms with van der Waals surface area (Å²) in [5, 5.41) is 3.13. The van der Waals surface area contributed by atoms with Crippen LogP contribution < -0.4 is 10.2 Å². The van der Waals surface area contributed by atoms with Crippen LogP contribution in [-0.4, -0.2) is 50.9 Å². The van der Waals surface area contributed by atoms with Crippen molar-refractivity contribution in [3.8, 4) is 0 Å². The van der Waals surface area contributed by atoms with E-state index in [1.54, 1.807) is 30.3 Å². The molecule has 5 rings (SSSR count). The van der Waals surface area contributed by atoms with E-state index in [-0.39, 0.29) is 22.7 Å². The van der Waals surface area contributed by atoms with Crippen molar-refractivity contribution in [2.24, 2.45) is 17.8 Å². The molecule has 0 aromatic heterocycles. The average molecular weight is 486 g/mol. The molecule has 3 aliphatic rings. The van der Waals surface area contributed by atoms with Crippen LogP contribution in [0.1, 0.15) is 43.0 Å². The van der Waals surface area contributed by atoms with Gasteiger partial charge in [-0.05, 0) is 86.4 Å². The number of amides is 1. The number of piperazine rings is 1. The number of fused-ring (bicyclic) bond motifs is 2. The molecule has 4 atom stereocenters. The minimum absolute atomic E-state index is 0.0857. The molecule has 6 nitrogen and oxygen atoms in total. The first-order valence-electron chi connectivity index (χ1n) is 12.2. The van der Waals surface area contributed by atoms with Crippen LogP contribution in [0.5, 0.6) is 0 Å². The van der Waals surface area contributed by atoms with Crippen molar-refractivity contribution in [2.75, 3.05) is 31.1 Å². The van der Waals surface area contributed by atoms with Crippen LogP contribution in [0.15, 0.2) is 53.4 Å². The van der Waals surface area contributed by atoms with Gasteiger partial charge in [0, 0.05) is 43.5 Å². The van der Waals surface area contributed by atoms with Gasteiger partial charge in [-0.2, -0.15) is 4.31 Å². The van der Waals surface area contributed by atoms with Gasteiger partial charge in [0.25, 0.3) is 5.91 Å². The third-order valence-corrected chi connectivity index (χ3v) is 9.85. The summed E-state index contributed by atoms with van der Waals surface area (Å²) in [6.45, 7) is 3.78. The van der Waals surface area contributed by atoms with Gasteiger partial charge in [-0.1, -0.05) is 12.5 Å². The van der Waals surface area contributed by atoms with Crippen LogP contribution in [0, 0.1) is 23.6 Å². The fourth-order valence-electron chi connectivity index (χ4n) is 6.09. The van der Waals surface area contributed by atoms with Gasteiger partial charge in [0.1, 0.15) is 5.82 Å². The van der Waals surface area contributed by atoms with Crippen molar-refractivity contribution in [2.45, 2.75) is 43.5 Å². The van der Waals surface area contributed by atoms with Gasteiger partial charge in [-0.25, -0.2) is 12.8 Å². The van der Waals surface area contributed by atoms with E-state index in [2.05, 4.69) is 12.2 Å². The predicted octanol–water partition coefficient (Wildman–Crippen LogP) is 3.89. The highest BCUT2D eigenvalue weighted by atomic mass is 32.2. The highest BCUT2D eigenvalue weighted by molar-refractivity contribution is 7.89. The third kappa shape index (κ3) is 4.58. The van der Waals surface area contributed by atoms with Crippen LogP contribution in [0.4, 0.5) is 10.1 Å². The third-order valence-electron chi connectivity index (χ3n) is 7.96. The van der Waals surface area contributed by atoms with Crippen LogP contribution >= 0.6 is 0 Å². The van der Waals surface area contributed by atoms with E-state index in [1.807, 2.05) is 4.90 Å². The minimum Gasteiger partial charge on any atom is -0.369 e. The topological polar surface area (TPSA) is 69.7 Å². The molecule has 2 aromatic carbocycles. The van der Waals surface area contributed by atoms with Gasteiger partial charge in [0.05, 0.1) is 4.90 Å². The van der Waals surface area contributed by atoms with E-state index in [0.717, 1.165) is 11.6 Å². The van der Waals surface area contributed by atoms with E-state index in [1.165, 1.54) is 48.2 Å². The molecule has 0 radical (unpaired) electrons. The molecule has 182 valence electrons. The smallest absolute Gasteiger partial charge is 0.251 e. The Balaban J connectivity index is 1.23. The van der Waals surface area contributed by atoms with Crippen molar-refractivity contribution in [1.29, 1.82) is 0 Å². The molecule has 0 unspecified atom stereocenters. The lowest BCUT2D eigenvalue weighted by atomic mass is 9.84. The number of halogens is 1. The highest BCUT2D eigenvalue weighted by Gasteiger charge is 2.42. The van der Waals surface area contributed by atoms with E-state index < -0.39 is 10.0 Å². The second-order valence-corrected chi connectivity index (χ2v) is 11.9. The summed E-state index contributed by atoms with van der Waals surface area (Å²) in [6.07, 6.45) is 5.05. The maximum atomic E-state index is 13.3. The van der Waals surface area contributed by atoms with Crippen molar-refractivity contribution < 1.29 is 17.6 Å². The largest absolute Gasteiger partial charge is 0.369 e. The quantitative estimate of drug-likeness (QED) is 0.674. The number of carbonyl (C=O) groups is 1. The Morgan fingerprint density at radius 3 is 2.41 bits per heavy atom. The molecule has 1 saturated heterocycles. The summed E-state index contributed by atoms with van der Waals surface area (Å²) in [5.41, 5.74) is 1.25. The number of hydrogen-bond acceptors (Lipinski definition) is 4. The first-order chi connectivity index (χ1) is 16.3. The Kier molecular flexibility index (Phi) is 6.37. The first kappa shape index (κ1) is 23.3. The summed E-state index contributed by atoms with van der Waals surface area (Å²) in [7, 11) is -3.71. The lowest BCUT2D eigenvalue weighted by molar-refractivity contribution is 0.0915. The molecular formula is C26H32FN3O3S. The number of anilines is 1. The number of nitrogens with one attached hydrogen (secondary N) is 1. The first-order valence-corrected chi connectivity index (χ1v) is 13.7. The van der Waals surface area contributed by atoms with Gasteiger partial charge < -0.3 is 10.2 Å². The fourth-order valence-corrected chi connectivity index (χ4v) is 7.56. The van der Waals surface area contributed by atoms with Gasteiger partial charge >= 0.3 is 0 Å². The summed E-state index contributed by atoms with van der Waals surface area (Å²) < 4.78 is 41.2. The Bertz CT molecular complexity index is 1150. The zero-order valence-corrected chi connectivity index (χ0v) is 20.3. The van der Waals surface area contributed by atoms with Gasteiger partial charge in [0.15, 0.2) is 0 Å². The SMILES string of the molecule is C[C@@H](NC(=O)c1cccc(S(=O)(=O)N2CCN(c3ccc(F)cc3)CC2)c1)[C@H]1C[C@H]2CC[C@H]1C2. The second kappa shape index (κ2) is 9.30. The summed E-state index contributed by atoms with van der Waals surface area (Å²) in [6, 6.07) is 12.7. The maximum absolute atomic E-state index is 13.3. The molecule has 1 amide bonds. The number of hydrogen-bond donors (Lipinski definition) is 1. The molecule has 2 bridgehead atoms. The van der Waals surface area contributed by atoms with Crippen LogP contribution in [0.3, 0.4) is 0 Å². The predicted molar refractivity (Wildman–Crippen MR) is 130 cm³/mol. The fraction of sp³-hybridized carbons (Fsp3) is 0.500. The monoisotopic (exact) mass is 485 g/mol. The maximum Gasteiger partial charge on any atom is 0.251 e. The number of rotatable bonds is 6. The molecular weight excluding hydrogens is 453 g/mol. The van der Waals surface area contributed by atoms with Crippen molar-refractivity contribution in [1.82, 2.24) is 9.62 Å². The zero-order valence-electron chi connectivity index (χ0n) is 19.5. The van der Waals surface area contributed by atoms with Gasteiger partial charge in [-0.15, -0.1) is 0 Å². The lowest BCUT2D eigenvalue weighted by Crippen LogP contribution is -2.48. The Morgan fingerprint density at radius 1 is 1.03 bits per heavy atom. The molecule has 1 N–H and O–H groups in total. The number of benzene rings is 2. The van der Waals surface area contributed by atoms with Crippen LogP contribution in [0.2, 0.25) is 0 Å². The van der Waals surface area contributed by atoms with Crippen LogP contribution in [0.25, 0.3) is 0 Å². The number of sulfonamides is 1. The highest BCUT2D eigenvalue weighted by Crippen LogP contribution is 2.49. The van der Waals surface area contributed by atoms with Crippen molar-refractivity contribution >= 4 is 21.6 Å². The molecule has 1 aliphatic heterocycles. The zero-order chi connectivity index (χ0) is 23.9. The molecule has 8 heteroatoms. The molecule has 2 aromatic rings. The average Bonchev–Trinajstić information content (AvgIpc) is 3.49. The van der Waals surface area contributed by atoms with Crippen molar-refractivity contribution in [3.63, 3.8) is 0 Å². The number of nitrogens with zero attached hydrogens (tertiary/aromatic N) is 2. The minimum atomic E-state index is -3.71. The standard InChI is InChI=1S/C26H32FN3O3S/c1-18(25-16-19-5-6-20(25)15-19)28-26(31)21-3-2-4-24(17-21)34(32,33)30-13-11-29(12-14-30)23-9-7-22(27)8-10-23/h2-4,7-10,17-20,25H,5-6,11-16H2,1H3,(H,28,31)/t18-,19+,20+,25-/m1/s1. The summed E-state index contributed by atoms with van der Waals surface area (Å²) in [5.74, 6) is 1.53. The van der Waals surface area contributed by atoms with E-state index in [9.17, 15) is 17.6 Å². The Hall–Kier alpha value is -2.45. The Morgan fingerprint density at radius 2 is 1.76 bits per heavy atom. The van der Waals surface area contributed by atoms with Gasteiger partial charge in [-0.3, -0.25) is 4.79 Å². The molecule has 3 fully saturated rings. The van der Waals surface area contributed by atoms with Crippen LogP contribution in [-0.2, 0) is 10.0 Å². The van der Waals surface area contributed by atoms with E-state index in [4.69, 9.17) is 0 Å². The molecule has 2 saturated carbocycles. The second-order valence-electron chi connectivity index (χ2n) is 10.00. The Labute approximate surface area is 201 Å². The molecule has 34 heavy (non-hydrogen) atoms. The molecule has 1 heterocycles. The molecule has 0 spiro atoms.